The van der Waals surface area contributed by atoms with Crippen LogP contribution in [-0.2, 0) is 9.47 Å². The minimum Gasteiger partial charge on any atom is -0.388 e. The summed E-state index contributed by atoms with van der Waals surface area (Å²) in [5.74, 6) is 0. The van der Waals surface area contributed by atoms with Crippen LogP contribution in [0, 0.1) is 0 Å². The van der Waals surface area contributed by atoms with Crippen molar-refractivity contribution in [3.05, 3.63) is 12.7 Å². The van der Waals surface area contributed by atoms with E-state index in [2.05, 4.69) is 6.58 Å². The van der Waals surface area contributed by atoms with Gasteiger partial charge in [-0.1, -0.05) is 63.9 Å². The van der Waals surface area contributed by atoms with Gasteiger partial charge < -0.3 is 24.8 Å². The van der Waals surface area contributed by atoms with Gasteiger partial charge in [0.25, 0.3) is 0 Å². The van der Waals surface area contributed by atoms with Crippen molar-refractivity contribution in [3.63, 3.8) is 0 Å². The second-order valence-corrected chi connectivity index (χ2v) is 7.46. The Morgan fingerprint density at radius 1 is 0.923 bits per heavy atom. The monoisotopic (exact) mass is 372 g/mol. The van der Waals surface area contributed by atoms with Crippen LogP contribution < -0.4 is 0 Å². The average molecular weight is 373 g/mol. The van der Waals surface area contributed by atoms with Crippen LogP contribution in [0.2, 0.25) is 0 Å². The minimum atomic E-state index is -1.03. The van der Waals surface area contributed by atoms with E-state index in [1.807, 2.05) is 6.08 Å². The molecule has 5 heteroatoms. The lowest BCUT2D eigenvalue weighted by atomic mass is 10.1. The van der Waals surface area contributed by atoms with Gasteiger partial charge in [-0.25, -0.2) is 0 Å². The predicted molar refractivity (Wildman–Crippen MR) is 104 cm³/mol. The number of rotatable bonds is 17. The predicted octanol–water partition coefficient (Wildman–Crippen LogP) is 3.35. The molecule has 0 aromatic carbocycles. The molecule has 1 aliphatic heterocycles. The van der Waals surface area contributed by atoms with Gasteiger partial charge in [0.1, 0.15) is 24.4 Å². The summed E-state index contributed by atoms with van der Waals surface area (Å²) in [6, 6.07) is 0. The first-order valence-corrected chi connectivity index (χ1v) is 10.5. The summed E-state index contributed by atoms with van der Waals surface area (Å²) in [4.78, 5) is 0. The SMILES string of the molecule is C=CCCCCCCCCCCCCCOC[C@H](O)[C@@H]1OC[C@@H](O)[C@@H]1O. The first-order valence-electron chi connectivity index (χ1n) is 10.5. The zero-order chi connectivity index (χ0) is 19.0. The van der Waals surface area contributed by atoms with Gasteiger partial charge in [0.15, 0.2) is 0 Å². The van der Waals surface area contributed by atoms with Gasteiger partial charge in [0.05, 0.1) is 13.2 Å². The van der Waals surface area contributed by atoms with Crippen molar-refractivity contribution in [1.29, 1.82) is 0 Å². The van der Waals surface area contributed by atoms with E-state index >= 15 is 0 Å². The van der Waals surface area contributed by atoms with Crippen LogP contribution in [0.5, 0.6) is 0 Å². The van der Waals surface area contributed by atoms with E-state index in [9.17, 15) is 15.3 Å². The Bertz CT molecular complexity index is 336. The van der Waals surface area contributed by atoms with Crippen molar-refractivity contribution in [2.75, 3.05) is 19.8 Å². The Morgan fingerprint density at radius 2 is 1.46 bits per heavy atom. The number of aliphatic hydroxyl groups is 3. The second kappa shape index (κ2) is 15.6. The van der Waals surface area contributed by atoms with Gasteiger partial charge in [-0.3, -0.25) is 0 Å². The van der Waals surface area contributed by atoms with Crippen LogP contribution in [0.4, 0.5) is 0 Å². The molecule has 0 saturated carbocycles. The summed E-state index contributed by atoms with van der Waals surface area (Å²) >= 11 is 0. The Balaban J connectivity index is 1.79. The fraction of sp³-hybridized carbons (Fsp3) is 0.905. The molecular weight excluding hydrogens is 332 g/mol. The smallest absolute Gasteiger partial charge is 0.114 e. The quantitative estimate of drug-likeness (QED) is 0.269. The molecule has 0 radical (unpaired) electrons. The molecule has 0 aromatic heterocycles. The van der Waals surface area contributed by atoms with Crippen molar-refractivity contribution in [2.24, 2.45) is 0 Å². The van der Waals surface area contributed by atoms with Crippen LogP contribution in [0.1, 0.15) is 77.0 Å². The zero-order valence-corrected chi connectivity index (χ0v) is 16.4. The third-order valence-electron chi connectivity index (χ3n) is 5.06. The number of allylic oxidation sites excluding steroid dienone is 1. The summed E-state index contributed by atoms with van der Waals surface area (Å²) in [6.45, 7) is 4.57. The normalized spacial score (nSPS) is 24.0. The van der Waals surface area contributed by atoms with Crippen LogP contribution in [0.15, 0.2) is 12.7 Å². The van der Waals surface area contributed by atoms with Crippen LogP contribution in [0.25, 0.3) is 0 Å². The molecule has 26 heavy (non-hydrogen) atoms. The highest BCUT2D eigenvalue weighted by Gasteiger charge is 2.39. The molecule has 0 bridgehead atoms. The highest BCUT2D eigenvalue weighted by Crippen LogP contribution is 2.18. The van der Waals surface area contributed by atoms with Crippen molar-refractivity contribution >= 4 is 0 Å². The van der Waals surface area contributed by atoms with E-state index in [0.717, 1.165) is 19.3 Å². The lowest BCUT2D eigenvalue weighted by Crippen LogP contribution is -2.40. The molecule has 1 rings (SSSR count). The molecule has 0 spiro atoms. The van der Waals surface area contributed by atoms with Gasteiger partial charge in [0, 0.05) is 6.61 Å². The molecule has 4 atom stereocenters. The number of hydrogen-bond donors (Lipinski definition) is 3. The Morgan fingerprint density at radius 3 is 1.96 bits per heavy atom. The number of aliphatic hydroxyl groups excluding tert-OH is 3. The van der Waals surface area contributed by atoms with Crippen LogP contribution in [-0.4, -0.2) is 59.6 Å². The van der Waals surface area contributed by atoms with E-state index in [1.165, 1.54) is 57.8 Å². The van der Waals surface area contributed by atoms with Crippen molar-refractivity contribution in [1.82, 2.24) is 0 Å². The highest BCUT2D eigenvalue weighted by molar-refractivity contribution is 4.87. The van der Waals surface area contributed by atoms with E-state index in [1.54, 1.807) is 0 Å². The van der Waals surface area contributed by atoms with Crippen molar-refractivity contribution in [3.8, 4) is 0 Å². The molecule has 0 unspecified atom stereocenters. The zero-order valence-electron chi connectivity index (χ0n) is 16.4. The minimum absolute atomic E-state index is 0.0677. The lowest BCUT2D eigenvalue weighted by molar-refractivity contribution is -0.0813. The van der Waals surface area contributed by atoms with E-state index in [0.29, 0.717) is 6.61 Å². The highest BCUT2D eigenvalue weighted by atomic mass is 16.5. The van der Waals surface area contributed by atoms with E-state index in [-0.39, 0.29) is 13.2 Å². The van der Waals surface area contributed by atoms with Gasteiger partial charge in [-0.2, -0.15) is 0 Å². The van der Waals surface area contributed by atoms with Crippen LogP contribution in [0.3, 0.4) is 0 Å². The third kappa shape index (κ3) is 10.6. The molecule has 0 aromatic rings. The molecule has 1 aliphatic rings. The number of hydrogen-bond acceptors (Lipinski definition) is 5. The van der Waals surface area contributed by atoms with Gasteiger partial charge in [0.2, 0.25) is 0 Å². The molecule has 1 saturated heterocycles. The molecule has 154 valence electrons. The number of unbranched alkanes of at least 4 members (excludes halogenated alkanes) is 11. The van der Waals surface area contributed by atoms with Crippen LogP contribution >= 0.6 is 0 Å². The third-order valence-corrected chi connectivity index (χ3v) is 5.06. The Labute approximate surface area is 159 Å². The maximum absolute atomic E-state index is 9.92. The topological polar surface area (TPSA) is 79.2 Å². The fourth-order valence-corrected chi connectivity index (χ4v) is 3.35. The molecule has 5 nitrogen and oxygen atoms in total. The largest absolute Gasteiger partial charge is 0.388 e. The first-order chi connectivity index (χ1) is 12.7. The average Bonchev–Trinajstić information content (AvgIpc) is 2.97. The van der Waals surface area contributed by atoms with Crippen molar-refractivity contribution in [2.45, 2.75) is 101 Å². The van der Waals surface area contributed by atoms with Gasteiger partial charge in [-0.05, 0) is 19.3 Å². The molecule has 1 fully saturated rings. The maximum Gasteiger partial charge on any atom is 0.114 e. The van der Waals surface area contributed by atoms with Crippen molar-refractivity contribution < 1.29 is 24.8 Å². The Hall–Kier alpha value is -0.460. The van der Waals surface area contributed by atoms with E-state index < -0.39 is 24.4 Å². The lowest BCUT2D eigenvalue weighted by Gasteiger charge is -2.20. The molecule has 0 amide bonds. The fourth-order valence-electron chi connectivity index (χ4n) is 3.35. The molecular formula is C21H40O5. The molecule has 1 heterocycles. The summed E-state index contributed by atoms with van der Waals surface area (Å²) in [7, 11) is 0. The summed E-state index contributed by atoms with van der Waals surface area (Å²) < 4.78 is 10.6. The number of ether oxygens (including phenoxy) is 2. The molecule has 0 aliphatic carbocycles. The first kappa shape index (κ1) is 23.6. The van der Waals surface area contributed by atoms with Gasteiger partial charge in [-0.15, -0.1) is 6.58 Å². The summed E-state index contributed by atoms with van der Waals surface area (Å²) in [5.41, 5.74) is 0. The summed E-state index contributed by atoms with van der Waals surface area (Å²) in [6.07, 6.45) is 13.7. The second-order valence-electron chi connectivity index (χ2n) is 7.46. The Kier molecular flexibility index (Phi) is 14.1. The van der Waals surface area contributed by atoms with E-state index in [4.69, 9.17) is 9.47 Å². The standard InChI is InChI=1S/C21H40O5/c1-2-3-4-5-6-7-8-9-10-11-12-13-14-15-25-16-19(23)21-20(24)18(22)17-26-21/h2,18-24H,1,3-17H2/t18-,19+,20+,21+/m1/s1. The van der Waals surface area contributed by atoms with Gasteiger partial charge >= 0.3 is 0 Å². The summed E-state index contributed by atoms with van der Waals surface area (Å²) in [5, 5.41) is 29.0. The molecule has 3 N–H and O–H groups in total. The maximum atomic E-state index is 9.92.